The lowest BCUT2D eigenvalue weighted by Crippen LogP contribution is -2.43. The number of nitrogens with zero attached hydrogens (tertiary/aromatic N) is 2. The summed E-state index contributed by atoms with van der Waals surface area (Å²) in [4.78, 5) is 15.0. The summed E-state index contributed by atoms with van der Waals surface area (Å²) in [5, 5.41) is 0. The molecule has 1 saturated heterocycles. The summed E-state index contributed by atoms with van der Waals surface area (Å²) in [5.74, 6) is 0.645. The maximum atomic E-state index is 13.6. The minimum Gasteiger partial charge on any atom is -0.497 e. The summed E-state index contributed by atoms with van der Waals surface area (Å²) in [6, 6.07) is 12.2. The molecule has 0 N–H and O–H groups in total. The number of carbonyl (C=O) groups is 1. The van der Waals surface area contributed by atoms with E-state index < -0.39 is 10.0 Å². The van der Waals surface area contributed by atoms with Gasteiger partial charge in [0.15, 0.2) is 0 Å². The third-order valence-electron chi connectivity index (χ3n) is 6.08. The van der Waals surface area contributed by atoms with Crippen LogP contribution in [0.15, 0.2) is 47.4 Å². The minimum atomic E-state index is -3.83. The largest absolute Gasteiger partial charge is 0.497 e. The predicted octanol–water partition coefficient (Wildman–Crippen LogP) is 4.30. The first-order chi connectivity index (χ1) is 14.7. The molecule has 1 heterocycles. The van der Waals surface area contributed by atoms with Crippen LogP contribution in [-0.4, -0.2) is 45.5 Å². The molecule has 1 atom stereocenters. The number of carbonyl (C=O) groups excluding carboxylic acids is 1. The van der Waals surface area contributed by atoms with Crippen molar-refractivity contribution in [2.24, 2.45) is 0 Å². The van der Waals surface area contributed by atoms with E-state index >= 15 is 0 Å². The lowest BCUT2D eigenvalue weighted by molar-refractivity contribution is -0.134. The van der Waals surface area contributed by atoms with E-state index in [-0.39, 0.29) is 29.8 Å². The van der Waals surface area contributed by atoms with Gasteiger partial charge < -0.3 is 9.64 Å². The van der Waals surface area contributed by atoms with Gasteiger partial charge >= 0.3 is 0 Å². The number of rotatable bonds is 7. The Morgan fingerprint density at radius 2 is 1.81 bits per heavy atom. The highest BCUT2D eigenvalue weighted by Gasteiger charge is 2.28. The normalized spacial score (nSPS) is 16.8. The lowest BCUT2D eigenvalue weighted by atomic mass is 10.0. The first kappa shape index (κ1) is 23.1. The van der Waals surface area contributed by atoms with Gasteiger partial charge in [0.1, 0.15) is 5.75 Å². The number of hydrogen-bond acceptors (Lipinski definition) is 4. The van der Waals surface area contributed by atoms with Crippen LogP contribution >= 0.6 is 0 Å². The molecule has 1 aliphatic heterocycles. The minimum absolute atomic E-state index is 0.000924. The van der Waals surface area contributed by atoms with Gasteiger partial charge in [-0.25, -0.2) is 8.42 Å². The van der Waals surface area contributed by atoms with E-state index in [0.717, 1.165) is 36.9 Å². The highest BCUT2D eigenvalue weighted by Crippen LogP contribution is 2.27. The second-order valence-corrected chi connectivity index (χ2v) is 10.1. The molecule has 1 amide bonds. The van der Waals surface area contributed by atoms with Crippen molar-refractivity contribution < 1.29 is 17.9 Å². The standard InChI is InChI=1S/C24H32N2O4S/c1-18-8-13-23(17-19(18)2)31(28,29)26(21-9-11-22(30-4)12-10-21)16-14-24(27)25-15-6-5-7-20(25)3/h8-13,17,20H,5-7,14-16H2,1-4H3. The number of aryl methyl sites for hydroxylation is 2. The Morgan fingerprint density at radius 3 is 2.42 bits per heavy atom. The molecule has 0 radical (unpaired) electrons. The van der Waals surface area contributed by atoms with Gasteiger partial charge in [-0.05, 0) is 87.6 Å². The average Bonchev–Trinajstić information content (AvgIpc) is 2.76. The van der Waals surface area contributed by atoms with Gasteiger partial charge in [0.2, 0.25) is 5.91 Å². The van der Waals surface area contributed by atoms with Crippen LogP contribution in [0, 0.1) is 13.8 Å². The molecular weight excluding hydrogens is 412 g/mol. The van der Waals surface area contributed by atoms with Crippen molar-refractivity contribution in [1.82, 2.24) is 4.90 Å². The molecule has 2 aromatic rings. The Labute approximate surface area is 185 Å². The van der Waals surface area contributed by atoms with E-state index in [1.807, 2.05) is 24.8 Å². The number of ether oxygens (including phenoxy) is 1. The van der Waals surface area contributed by atoms with Gasteiger partial charge in [-0.15, -0.1) is 0 Å². The fraction of sp³-hybridized carbons (Fsp3) is 0.458. The van der Waals surface area contributed by atoms with Crippen LogP contribution in [0.2, 0.25) is 0 Å². The molecule has 3 rings (SSSR count). The van der Waals surface area contributed by atoms with Crippen LogP contribution in [0.5, 0.6) is 5.75 Å². The van der Waals surface area contributed by atoms with Crippen molar-refractivity contribution in [3.8, 4) is 5.75 Å². The van der Waals surface area contributed by atoms with E-state index in [1.54, 1.807) is 43.5 Å². The Hall–Kier alpha value is -2.54. The second kappa shape index (κ2) is 9.73. The number of methoxy groups -OCH3 is 1. The smallest absolute Gasteiger partial charge is 0.264 e. The third kappa shape index (κ3) is 5.21. The Balaban J connectivity index is 1.90. The van der Waals surface area contributed by atoms with Gasteiger partial charge in [0.25, 0.3) is 10.0 Å². The molecule has 6 nitrogen and oxygen atoms in total. The van der Waals surface area contributed by atoms with E-state index in [2.05, 4.69) is 6.92 Å². The van der Waals surface area contributed by atoms with Crippen molar-refractivity contribution in [2.45, 2.75) is 57.4 Å². The van der Waals surface area contributed by atoms with Crippen LogP contribution in [0.25, 0.3) is 0 Å². The summed E-state index contributed by atoms with van der Waals surface area (Å²) in [7, 11) is -2.26. The molecule has 2 aromatic carbocycles. The van der Waals surface area contributed by atoms with Gasteiger partial charge in [-0.1, -0.05) is 6.07 Å². The Bertz CT molecular complexity index is 1020. The molecule has 0 spiro atoms. The van der Waals surface area contributed by atoms with Gasteiger partial charge in [0.05, 0.1) is 17.7 Å². The molecule has 0 aromatic heterocycles. The molecule has 168 valence electrons. The molecule has 0 bridgehead atoms. The first-order valence-corrected chi connectivity index (χ1v) is 12.2. The van der Waals surface area contributed by atoms with Gasteiger partial charge in [-0.3, -0.25) is 9.10 Å². The number of piperidine rings is 1. The third-order valence-corrected chi connectivity index (χ3v) is 7.90. The van der Waals surface area contributed by atoms with Crippen molar-refractivity contribution in [3.05, 3.63) is 53.6 Å². The van der Waals surface area contributed by atoms with E-state index in [4.69, 9.17) is 4.74 Å². The van der Waals surface area contributed by atoms with E-state index in [9.17, 15) is 13.2 Å². The number of likely N-dealkylation sites (tertiary alicyclic amines) is 1. The number of hydrogen-bond donors (Lipinski definition) is 0. The summed E-state index contributed by atoms with van der Waals surface area (Å²) >= 11 is 0. The van der Waals surface area contributed by atoms with Crippen molar-refractivity contribution in [1.29, 1.82) is 0 Å². The van der Waals surface area contributed by atoms with E-state index in [1.165, 1.54) is 4.31 Å². The maximum absolute atomic E-state index is 13.6. The number of benzene rings is 2. The highest BCUT2D eigenvalue weighted by molar-refractivity contribution is 7.92. The highest BCUT2D eigenvalue weighted by atomic mass is 32.2. The van der Waals surface area contributed by atoms with Crippen LogP contribution in [-0.2, 0) is 14.8 Å². The second-order valence-electron chi connectivity index (χ2n) is 8.20. The summed E-state index contributed by atoms with van der Waals surface area (Å²) < 4.78 is 33.7. The number of sulfonamides is 1. The zero-order valence-corrected chi connectivity index (χ0v) is 19.6. The zero-order chi connectivity index (χ0) is 22.6. The lowest BCUT2D eigenvalue weighted by Gasteiger charge is -2.34. The fourth-order valence-electron chi connectivity index (χ4n) is 3.95. The number of anilines is 1. The zero-order valence-electron chi connectivity index (χ0n) is 18.8. The van der Waals surface area contributed by atoms with Gasteiger partial charge in [0, 0.05) is 25.6 Å². The summed E-state index contributed by atoms with van der Waals surface area (Å²) in [6.45, 7) is 6.74. The SMILES string of the molecule is COc1ccc(N(CCC(=O)N2CCCCC2C)S(=O)(=O)c2ccc(C)c(C)c2)cc1. The number of amides is 1. The fourth-order valence-corrected chi connectivity index (χ4v) is 5.50. The van der Waals surface area contributed by atoms with Gasteiger partial charge in [-0.2, -0.15) is 0 Å². The van der Waals surface area contributed by atoms with E-state index in [0.29, 0.717) is 11.4 Å². The van der Waals surface area contributed by atoms with Crippen LogP contribution < -0.4 is 9.04 Å². The van der Waals surface area contributed by atoms with Crippen molar-refractivity contribution >= 4 is 21.6 Å². The monoisotopic (exact) mass is 444 g/mol. The molecule has 1 aliphatic rings. The average molecular weight is 445 g/mol. The predicted molar refractivity (Wildman–Crippen MR) is 123 cm³/mol. The molecule has 7 heteroatoms. The Morgan fingerprint density at radius 1 is 1.10 bits per heavy atom. The van der Waals surface area contributed by atoms with Crippen molar-refractivity contribution in [3.63, 3.8) is 0 Å². The molecular formula is C24H32N2O4S. The summed E-state index contributed by atoms with van der Waals surface area (Å²) in [5.41, 5.74) is 2.46. The first-order valence-electron chi connectivity index (χ1n) is 10.8. The quantitative estimate of drug-likeness (QED) is 0.639. The topological polar surface area (TPSA) is 66.9 Å². The van der Waals surface area contributed by atoms with Crippen LogP contribution in [0.3, 0.4) is 0 Å². The molecule has 0 aliphatic carbocycles. The van der Waals surface area contributed by atoms with Crippen LogP contribution in [0.4, 0.5) is 5.69 Å². The summed E-state index contributed by atoms with van der Waals surface area (Å²) in [6.07, 6.45) is 3.26. The molecule has 1 unspecified atom stereocenters. The Kier molecular flexibility index (Phi) is 7.26. The molecule has 0 saturated carbocycles. The van der Waals surface area contributed by atoms with Crippen molar-refractivity contribution in [2.75, 3.05) is 24.5 Å². The molecule has 1 fully saturated rings. The molecule has 31 heavy (non-hydrogen) atoms. The maximum Gasteiger partial charge on any atom is 0.264 e. The van der Waals surface area contributed by atoms with Crippen LogP contribution in [0.1, 0.15) is 43.7 Å².